The van der Waals surface area contributed by atoms with E-state index in [0.717, 1.165) is 31.9 Å². The number of tetrazole rings is 1. The quantitative estimate of drug-likeness (QED) is 0.783. The van der Waals surface area contributed by atoms with Gasteiger partial charge in [0.05, 0.1) is 6.54 Å². The lowest BCUT2D eigenvalue weighted by molar-refractivity contribution is 0.427. The topological polar surface area (TPSA) is 55.6 Å². The minimum Gasteiger partial charge on any atom is -0.316 e. The summed E-state index contributed by atoms with van der Waals surface area (Å²) in [4.78, 5) is 1.71. The van der Waals surface area contributed by atoms with Gasteiger partial charge in [0, 0.05) is 6.42 Å². The molecule has 1 saturated heterocycles. The van der Waals surface area contributed by atoms with E-state index in [9.17, 15) is 0 Å². The molecule has 1 atom stereocenters. The van der Waals surface area contributed by atoms with E-state index in [2.05, 4.69) is 34.6 Å². The molecule has 0 radical (unpaired) electrons. The number of nitrogens with zero attached hydrogens (tertiary/aromatic N) is 4. The average molecular weight is 209 g/mol. The summed E-state index contributed by atoms with van der Waals surface area (Å²) in [5, 5.41) is 15.9. The first kappa shape index (κ1) is 10.5. The van der Waals surface area contributed by atoms with Crippen LogP contribution in [0.1, 0.15) is 26.1 Å². The van der Waals surface area contributed by atoms with Gasteiger partial charge in [-0.25, -0.2) is 0 Å². The van der Waals surface area contributed by atoms with Crippen molar-refractivity contribution in [3.05, 3.63) is 5.82 Å². The Kier molecular flexibility index (Phi) is 3.30. The molecule has 1 aromatic rings. The number of nitrogens with one attached hydrogen (secondary N) is 1. The summed E-state index contributed by atoms with van der Waals surface area (Å²) in [6, 6.07) is 0. The molecule has 0 spiro atoms. The molecule has 0 saturated carbocycles. The highest BCUT2D eigenvalue weighted by atomic mass is 15.6. The van der Waals surface area contributed by atoms with Gasteiger partial charge in [0.15, 0.2) is 5.82 Å². The van der Waals surface area contributed by atoms with Gasteiger partial charge in [-0.05, 0) is 36.6 Å². The van der Waals surface area contributed by atoms with Crippen molar-refractivity contribution in [1.82, 2.24) is 25.5 Å². The third kappa shape index (κ3) is 2.99. The molecule has 1 unspecified atom stereocenters. The molecule has 15 heavy (non-hydrogen) atoms. The van der Waals surface area contributed by atoms with Crippen molar-refractivity contribution in [2.24, 2.45) is 11.8 Å². The van der Waals surface area contributed by atoms with E-state index >= 15 is 0 Å². The van der Waals surface area contributed by atoms with Gasteiger partial charge in [-0.1, -0.05) is 13.8 Å². The first-order valence-electron chi connectivity index (χ1n) is 5.71. The maximum absolute atomic E-state index is 4.38. The molecule has 84 valence electrons. The molecule has 1 fully saturated rings. The lowest BCUT2D eigenvalue weighted by Crippen LogP contribution is -2.12. The van der Waals surface area contributed by atoms with Crippen LogP contribution in [-0.4, -0.2) is 33.3 Å². The monoisotopic (exact) mass is 209 g/mol. The summed E-state index contributed by atoms with van der Waals surface area (Å²) >= 11 is 0. The standard InChI is InChI=1S/C10H19N5/c1-8(2)7-15-13-10(12-14-15)5-9-3-4-11-6-9/h8-9,11H,3-7H2,1-2H3. The van der Waals surface area contributed by atoms with E-state index in [4.69, 9.17) is 0 Å². The minimum atomic E-state index is 0.570. The molecule has 0 amide bonds. The zero-order valence-corrected chi connectivity index (χ0v) is 9.48. The van der Waals surface area contributed by atoms with Crippen LogP contribution in [0.25, 0.3) is 0 Å². The first-order valence-corrected chi connectivity index (χ1v) is 5.71. The van der Waals surface area contributed by atoms with E-state index in [1.807, 2.05) is 0 Å². The van der Waals surface area contributed by atoms with Gasteiger partial charge in [-0.2, -0.15) is 4.80 Å². The molecule has 0 aliphatic carbocycles. The van der Waals surface area contributed by atoms with Crippen molar-refractivity contribution in [2.45, 2.75) is 33.2 Å². The van der Waals surface area contributed by atoms with Crippen LogP contribution in [0.15, 0.2) is 0 Å². The van der Waals surface area contributed by atoms with Gasteiger partial charge in [-0.3, -0.25) is 0 Å². The number of rotatable bonds is 4. The summed E-state index contributed by atoms with van der Waals surface area (Å²) < 4.78 is 0. The second-order valence-corrected chi connectivity index (χ2v) is 4.72. The fraction of sp³-hybridized carbons (Fsp3) is 0.900. The highest BCUT2D eigenvalue weighted by molar-refractivity contribution is 4.84. The van der Waals surface area contributed by atoms with Crippen LogP contribution in [0.4, 0.5) is 0 Å². The number of hydrogen-bond acceptors (Lipinski definition) is 4. The van der Waals surface area contributed by atoms with E-state index in [-0.39, 0.29) is 0 Å². The van der Waals surface area contributed by atoms with Crippen molar-refractivity contribution in [2.75, 3.05) is 13.1 Å². The Bertz CT molecular complexity index is 301. The van der Waals surface area contributed by atoms with Gasteiger partial charge >= 0.3 is 0 Å². The van der Waals surface area contributed by atoms with Gasteiger partial charge in [0.25, 0.3) is 0 Å². The molecule has 2 rings (SSSR count). The second kappa shape index (κ2) is 4.70. The van der Waals surface area contributed by atoms with Gasteiger partial charge in [0.1, 0.15) is 0 Å². The van der Waals surface area contributed by atoms with Crippen molar-refractivity contribution < 1.29 is 0 Å². The number of hydrogen-bond donors (Lipinski definition) is 1. The maximum Gasteiger partial charge on any atom is 0.175 e. The molecule has 1 N–H and O–H groups in total. The van der Waals surface area contributed by atoms with Gasteiger partial charge in [0.2, 0.25) is 0 Å². The fourth-order valence-corrected chi connectivity index (χ4v) is 1.91. The van der Waals surface area contributed by atoms with Crippen molar-refractivity contribution in [3.8, 4) is 0 Å². The molecule has 5 nitrogen and oxygen atoms in total. The summed E-state index contributed by atoms with van der Waals surface area (Å²) in [5.41, 5.74) is 0. The molecule has 1 aromatic heterocycles. The van der Waals surface area contributed by atoms with Crippen LogP contribution in [-0.2, 0) is 13.0 Å². The zero-order chi connectivity index (χ0) is 10.7. The fourth-order valence-electron chi connectivity index (χ4n) is 1.91. The largest absolute Gasteiger partial charge is 0.316 e. The Morgan fingerprint density at radius 1 is 1.53 bits per heavy atom. The highest BCUT2D eigenvalue weighted by Gasteiger charge is 2.17. The van der Waals surface area contributed by atoms with Crippen LogP contribution in [0.3, 0.4) is 0 Å². The Labute approximate surface area is 90.2 Å². The van der Waals surface area contributed by atoms with Crippen molar-refractivity contribution in [1.29, 1.82) is 0 Å². The zero-order valence-electron chi connectivity index (χ0n) is 9.48. The summed E-state index contributed by atoms with van der Waals surface area (Å²) in [7, 11) is 0. The predicted molar refractivity (Wildman–Crippen MR) is 57.3 cm³/mol. The normalized spacial score (nSPS) is 21.4. The molecular formula is C10H19N5. The third-order valence-electron chi connectivity index (χ3n) is 2.66. The SMILES string of the molecule is CC(C)Cn1nnc(CC2CCNC2)n1. The molecule has 5 heteroatoms. The van der Waals surface area contributed by atoms with Crippen LogP contribution in [0.5, 0.6) is 0 Å². The summed E-state index contributed by atoms with van der Waals surface area (Å²) in [5.74, 6) is 2.16. The van der Waals surface area contributed by atoms with Crippen LogP contribution in [0.2, 0.25) is 0 Å². The Balaban J connectivity index is 1.88. The predicted octanol–water partition coefficient (Wildman–Crippen LogP) is 0.481. The molecule has 0 bridgehead atoms. The Morgan fingerprint density at radius 2 is 2.40 bits per heavy atom. The van der Waals surface area contributed by atoms with E-state index in [1.165, 1.54) is 6.42 Å². The molecule has 1 aliphatic heterocycles. The van der Waals surface area contributed by atoms with E-state index in [1.54, 1.807) is 4.80 Å². The molecule has 0 aromatic carbocycles. The van der Waals surface area contributed by atoms with E-state index in [0.29, 0.717) is 11.8 Å². The Hall–Kier alpha value is -0.970. The number of aromatic nitrogens is 4. The van der Waals surface area contributed by atoms with E-state index < -0.39 is 0 Å². The second-order valence-electron chi connectivity index (χ2n) is 4.72. The van der Waals surface area contributed by atoms with Crippen LogP contribution < -0.4 is 5.32 Å². The third-order valence-corrected chi connectivity index (χ3v) is 2.66. The highest BCUT2D eigenvalue weighted by Crippen LogP contribution is 2.11. The summed E-state index contributed by atoms with van der Waals surface area (Å²) in [6.07, 6.45) is 2.20. The molecule has 1 aliphatic rings. The average Bonchev–Trinajstić information content (AvgIpc) is 2.77. The van der Waals surface area contributed by atoms with Gasteiger partial charge < -0.3 is 5.32 Å². The molecular weight excluding hydrogens is 190 g/mol. The summed E-state index contributed by atoms with van der Waals surface area (Å²) in [6.45, 7) is 7.40. The van der Waals surface area contributed by atoms with Crippen LogP contribution >= 0.6 is 0 Å². The van der Waals surface area contributed by atoms with Gasteiger partial charge in [-0.15, -0.1) is 10.2 Å². The lowest BCUT2D eigenvalue weighted by atomic mass is 10.1. The van der Waals surface area contributed by atoms with Crippen molar-refractivity contribution in [3.63, 3.8) is 0 Å². The minimum absolute atomic E-state index is 0.570. The Morgan fingerprint density at radius 3 is 3.07 bits per heavy atom. The lowest BCUT2D eigenvalue weighted by Gasteiger charge is -2.03. The maximum atomic E-state index is 4.38. The first-order chi connectivity index (χ1) is 7.24. The van der Waals surface area contributed by atoms with Crippen LogP contribution in [0, 0.1) is 11.8 Å². The van der Waals surface area contributed by atoms with Crippen molar-refractivity contribution >= 4 is 0 Å². The smallest absolute Gasteiger partial charge is 0.175 e. The molecule has 2 heterocycles.